The molecule has 1 rings (SSSR count). The second kappa shape index (κ2) is 4.65. The van der Waals surface area contributed by atoms with Crippen molar-refractivity contribution in [1.29, 1.82) is 0 Å². The quantitative estimate of drug-likeness (QED) is 0.643. The predicted molar refractivity (Wildman–Crippen MR) is 59.0 cm³/mol. The SMILES string of the molecule is CCC(=O)NNc1cc(=O)n(C)c(=O)n1C. The standard InChI is InChI=1S/C9H14N4O3/c1-4-7(14)11-10-6-5-8(15)13(3)9(16)12(6)2/h5,10H,4H2,1-3H3,(H,11,14). The van der Waals surface area contributed by atoms with E-state index in [4.69, 9.17) is 0 Å². The molecular formula is C9H14N4O3. The Kier molecular flexibility index (Phi) is 3.49. The number of nitrogens with one attached hydrogen (secondary N) is 2. The maximum absolute atomic E-state index is 11.5. The molecule has 0 atom stereocenters. The van der Waals surface area contributed by atoms with Gasteiger partial charge in [0.2, 0.25) is 5.91 Å². The number of rotatable bonds is 3. The average Bonchev–Trinajstić information content (AvgIpc) is 2.28. The van der Waals surface area contributed by atoms with Gasteiger partial charge in [-0.05, 0) is 0 Å². The molecule has 0 radical (unpaired) electrons. The lowest BCUT2D eigenvalue weighted by Crippen LogP contribution is -2.40. The normalized spacial score (nSPS) is 9.94. The molecule has 2 N–H and O–H groups in total. The number of nitrogens with zero attached hydrogens (tertiary/aromatic N) is 2. The highest BCUT2D eigenvalue weighted by molar-refractivity contribution is 5.76. The minimum atomic E-state index is -0.458. The van der Waals surface area contributed by atoms with Gasteiger partial charge in [0.1, 0.15) is 5.82 Å². The molecule has 0 aliphatic rings. The molecule has 0 bridgehead atoms. The number of aromatic nitrogens is 2. The second-order valence-corrected chi connectivity index (χ2v) is 3.30. The van der Waals surface area contributed by atoms with Gasteiger partial charge >= 0.3 is 5.69 Å². The zero-order valence-electron chi connectivity index (χ0n) is 9.40. The molecule has 16 heavy (non-hydrogen) atoms. The van der Waals surface area contributed by atoms with Crippen molar-refractivity contribution in [3.05, 3.63) is 26.9 Å². The van der Waals surface area contributed by atoms with Gasteiger partial charge in [-0.15, -0.1) is 0 Å². The minimum absolute atomic E-state index is 0.229. The molecule has 0 unspecified atom stereocenters. The summed E-state index contributed by atoms with van der Waals surface area (Å²) in [5, 5.41) is 0. The number of carbonyl (C=O) groups excluding carboxylic acids is 1. The summed E-state index contributed by atoms with van der Waals surface area (Å²) in [6, 6.07) is 1.23. The Hall–Kier alpha value is -2.05. The lowest BCUT2D eigenvalue weighted by Gasteiger charge is -2.11. The minimum Gasteiger partial charge on any atom is -0.283 e. The van der Waals surface area contributed by atoms with E-state index in [9.17, 15) is 14.4 Å². The third-order valence-electron chi connectivity index (χ3n) is 2.18. The predicted octanol–water partition coefficient (Wildman–Crippen LogP) is -1.06. The van der Waals surface area contributed by atoms with Gasteiger partial charge in [-0.2, -0.15) is 0 Å². The zero-order valence-corrected chi connectivity index (χ0v) is 9.40. The van der Waals surface area contributed by atoms with Gasteiger partial charge in [-0.25, -0.2) is 4.79 Å². The number of hydrazine groups is 1. The van der Waals surface area contributed by atoms with Gasteiger partial charge in [-0.1, -0.05) is 6.92 Å². The zero-order chi connectivity index (χ0) is 12.3. The van der Waals surface area contributed by atoms with E-state index in [2.05, 4.69) is 10.9 Å². The van der Waals surface area contributed by atoms with Gasteiger partial charge in [0, 0.05) is 26.6 Å². The Labute approximate surface area is 91.7 Å². The van der Waals surface area contributed by atoms with E-state index in [1.807, 2.05) is 0 Å². The maximum Gasteiger partial charge on any atom is 0.332 e. The monoisotopic (exact) mass is 226 g/mol. The van der Waals surface area contributed by atoms with Crippen molar-refractivity contribution in [2.45, 2.75) is 13.3 Å². The van der Waals surface area contributed by atoms with Crippen molar-refractivity contribution in [1.82, 2.24) is 14.6 Å². The molecule has 1 amide bonds. The van der Waals surface area contributed by atoms with Crippen molar-refractivity contribution in [3.63, 3.8) is 0 Å². The highest BCUT2D eigenvalue weighted by Crippen LogP contribution is 1.95. The van der Waals surface area contributed by atoms with E-state index >= 15 is 0 Å². The summed E-state index contributed by atoms with van der Waals surface area (Å²) in [4.78, 5) is 33.8. The lowest BCUT2D eigenvalue weighted by atomic mass is 10.5. The Bertz CT molecular complexity index is 514. The van der Waals surface area contributed by atoms with Crippen molar-refractivity contribution in [3.8, 4) is 0 Å². The molecule has 0 aliphatic heterocycles. The molecule has 0 saturated heterocycles. The Morgan fingerprint density at radius 3 is 2.50 bits per heavy atom. The first-order chi connectivity index (χ1) is 7.47. The summed E-state index contributed by atoms with van der Waals surface area (Å²) in [6.45, 7) is 1.69. The van der Waals surface area contributed by atoms with Gasteiger partial charge in [0.25, 0.3) is 5.56 Å². The number of carbonyl (C=O) groups is 1. The first-order valence-corrected chi connectivity index (χ1v) is 4.79. The van der Waals surface area contributed by atoms with E-state index in [1.165, 1.54) is 24.7 Å². The van der Waals surface area contributed by atoms with Crippen LogP contribution in [0.15, 0.2) is 15.7 Å². The van der Waals surface area contributed by atoms with Crippen LogP contribution in [-0.4, -0.2) is 15.0 Å². The molecule has 0 aliphatic carbocycles. The lowest BCUT2D eigenvalue weighted by molar-refractivity contribution is -0.120. The Balaban J connectivity index is 3.03. The van der Waals surface area contributed by atoms with Crippen LogP contribution in [0, 0.1) is 0 Å². The second-order valence-electron chi connectivity index (χ2n) is 3.30. The molecule has 7 heteroatoms. The smallest absolute Gasteiger partial charge is 0.283 e. The summed E-state index contributed by atoms with van der Waals surface area (Å²) in [5.74, 6) is 0.0167. The van der Waals surface area contributed by atoms with Crippen LogP contribution in [0.25, 0.3) is 0 Å². The molecule has 7 nitrogen and oxygen atoms in total. The number of hydrogen-bond acceptors (Lipinski definition) is 4. The van der Waals surface area contributed by atoms with Crippen LogP contribution in [0.5, 0.6) is 0 Å². The Morgan fingerprint density at radius 2 is 1.94 bits per heavy atom. The number of hydrogen-bond donors (Lipinski definition) is 2. The molecule has 0 saturated carbocycles. The van der Waals surface area contributed by atoms with Crippen LogP contribution in [0.4, 0.5) is 5.82 Å². The maximum atomic E-state index is 11.5. The van der Waals surface area contributed by atoms with Crippen LogP contribution >= 0.6 is 0 Å². The van der Waals surface area contributed by atoms with Crippen LogP contribution in [-0.2, 0) is 18.9 Å². The largest absolute Gasteiger partial charge is 0.332 e. The van der Waals surface area contributed by atoms with E-state index < -0.39 is 11.2 Å². The van der Waals surface area contributed by atoms with Crippen LogP contribution in [0.3, 0.4) is 0 Å². The summed E-state index contributed by atoms with van der Waals surface area (Å²) in [6.07, 6.45) is 0.311. The first-order valence-electron chi connectivity index (χ1n) is 4.79. The average molecular weight is 226 g/mol. The molecule has 1 aromatic heterocycles. The van der Waals surface area contributed by atoms with Gasteiger partial charge in [0.05, 0.1) is 0 Å². The topological polar surface area (TPSA) is 85.1 Å². The van der Waals surface area contributed by atoms with Crippen LogP contribution < -0.4 is 22.1 Å². The van der Waals surface area contributed by atoms with E-state index in [0.29, 0.717) is 6.42 Å². The summed E-state index contributed by atoms with van der Waals surface area (Å²) < 4.78 is 2.21. The third-order valence-corrected chi connectivity index (χ3v) is 2.18. The van der Waals surface area contributed by atoms with Gasteiger partial charge < -0.3 is 0 Å². The number of anilines is 1. The molecule has 1 heterocycles. The summed E-state index contributed by atoms with van der Waals surface area (Å²) in [7, 11) is 2.89. The van der Waals surface area contributed by atoms with E-state index in [0.717, 1.165) is 4.57 Å². The molecule has 0 fully saturated rings. The first kappa shape index (κ1) is 12.0. The summed E-state index contributed by atoms with van der Waals surface area (Å²) in [5.41, 5.74) is 4.00. The fourth-order valence-electron chi connectivity index (χ4n) is 1.07. The highest BCUT2D eigenvalue weighted by atomic mass is 16.2. The molecule has 0 aromatic carbocycles. The van der Waals surface area contributed by atoms with Gasteiger partial charge in [-0.3, -0.25) is 29.6 Å². The highest BCUT2D eigenvalue weighted by Gasteiger charge is 2.05. The summed E-state index contributed by atoms with van der Waals surface area (Å²) >= 11 is 0. The van der Waals surface area contributed by atoms with Crippen molar-refractivity contribution < 1.29 is 4.79 Å². The van der Waals surface area contributed by atoms with Crippen molar-refractivity contribution in [2.24, 2.45) is 14.1 Å². The number of amides is 1. The van der Waals surface area contributed by atoms with Crippen LogP contribution in [0.1, 0.15) is 13.3 Å². The van der Waals surface area contributed by atoms with Crippen molar-refractivity contribution in [2.75, 3.05) is 5.43 Å². The van der Waals surface area contributed by atoms with E-state index in [-0.39, 0.29) is 11.7 Å². The van der Waals surface area contributed by atoms with E-state index in [1.54, 1.807) is 6.92 Å². The fourth-order valence-corrected chi connectivity index (χ4v) is 1.07. The van der Waals surface area contributed by atoms with Crippen LogP contribution in [0.2, 0.25) is 0 Å². The Morgan fingerprint density at radius 1 is 1.31 bits per heavy atom. The van der Waals surface area contributed by atoms with Gasteiger partial charge in [0.15, 0.2) is 0 Å². The molecule has 1 aromatic rings. The molecule has 88 valence electrons. The van der Waals surface area contributed by atoms with Crippen molar-refractivity contribution >= 4 is 11.7 Å². The molecule has 0 spiro atoms. The fraction of sp³-hybridized carbons (Fsp3) is 0.444. The third kappa shape index (κ3) is 2.30. The molecular weight excluding hydrogens is 212 g/mol.